The van der Waals surface area contributed by atoms with E-state index in [0.717, 1.165) is 17.7 Å². The van der Waals surface area contributed by atoms with Gasteiger partial charge in [0.1, 0.15) is 11.5 Å². The fourth-order valence-corrected chi connectivity index (χ4v) is 3.15. The Bertz CT molecular complexity index is 950. The molecule has 0 saturated heterocycles. The van der Waals surface area contributed by atoms with Gasteiger partial charge in [-0.05, 0) is 11.1 Å². The third-order valence-electron chi connectivity index (χ3n) is 4.14. The van der Waals surface area contributed by atoms with E-state index in [9.17, 15) is 4.79 Å². The zero-order valence-corrected chi connectivity index (χ0v) is 12.4. The fraction of sp³-hybridized carbons (Fsp3) is 0.188. The minimum absolute atomic E-state index is 0.0599. The van der Waals surface area contributed by atoms with Gasteiger partial charge in [-0.3, -0.25) is 9.69 Å². The molecule has 7 heteroatoms. The fourth-order valence-electron chi connectivity index (χ4n) is 3.15. The minimum atomic E-state index is -0.138. The Balaban J connectivity index is 1.77. The lowest BCUT2D eigenvalue weighted by Crippen LogP contribution is -2.18. The number of benzene rings is 1. The lowest BCUT2D eigenvalue weighted by Gasteiger charge is -2.14. The Morgan fingerprint density at radius 1 is 1.09 bits per heavy atom. The zero-order chi connectivity index (χ0) is 16.0. The van der Waals surface area contributed by atoms with Gasteiger partial charge >= 0.3 is 0 Å². The van der Waals surface area contributed by atoms with Crippen LogP contribution in [0, 0.1) is 0 Å². The Hall–Kier alpha value is -2.93. The summed E-state index contributed by atoms with van der Waals surface area (Å²) in [5, 5.41) is 0.698. The number of nitrogens with zero attached hydrogens (tertiary/aromatic N) is 3. The molecule has 1 aliphatic rings. The van der Waals surface area contributed by atoms with Crippen LogP contribution in [-0.4, -0.2) is 19.9 Å². The molecule has 4 rings (SSSR count). The van der Waals surface area contributed by atoms with Gasteiger partial charge in [0, 0.05) is 25.2 Å². The average molecular weight is 308 g/mol. The molecule has 0 spiro atoms. The van der Waals surface area contributed by atoms with Gasteiger partial charge in [0.15, 0.2) is 0 Å². The van der Waals surface area contributed by atoms with Gasteiger partial charge < -0.3 is 16.5 Å². The van der Waals surface area contributed by atoms with E-state index in [4.69, 9.17) is 11.5 Å². The lowest BCUT2D eigenvalue weighted by atomic mass is 10.1. The average Bonchev–Trinajstić information content (AvgIpc) is 2.91. The number of hydrogen-bond acceptors (Lipinski definition) is 6. The molecule has 1 aromatic carbocycles. The van der Waals surface area contributed by atoms with Crippen molar-refractivity contribution < 1.29 is 0 Å². The van der Waals surface area contributed by atoms with Gasteiger partial charge in [0.05, 0.1) is 5.39 Å². The number of nitrogen functional groups attached to an aromatic ring is 2. The van der Waals surface area contributed by atoms with Crippen molar-refractivity contribution in [1.29, 1.82) is 0 Å². The van der Waals surface area contributed by atoms with Crippen LogP contribution < -0.4 is 17.0 Å². The first-order chi connectivity index (χ1) is 11.1. The maximum Gasteiger partial charge on any atom is 0.254 e. The maximum atomic E-state index is 12.3. The van der Waals surface area contributed by atoms with Gasteiger partial charge in [-0.15, -0.1) is 0 Å². The molecule has 1 aliphatic heterocycles. The van der Waals surface area contributed by atoms with E-state index in [-0.39, 0.29) is 11.5 Å². The predicted molar refractivity (Wildman–Crippen MR) is 88.4 cm³/mol. The van der Waals surface area contributed by atoms with Gasteiger partial charge in [0.25, 0.3) is 5.56 Å². The second-order valence-electron chi connectivity index (χ2n) is 5.73. The first kappa shape index (κ1) is 13.7. The summed E-state index contributed by atoms with van der Waals surface area (Å²) in [6.07, 6.45) is 0. The summed E-state index contributed by atoms with van der Waals surface area (Å²) in [5.74, 6) is 0.367. The smallest absolute Gasteiger partial charge is 0.254 e. The molecule has 0 aliphatic carbocycles. The van der Waals surface area contributed by atoms with E-state index in [0.29, 0.717) is 29.9 Å². The van der Waals surface area contributed by atoms with Crippen molar-refractivity contribution in [1.82, 2.24) is 19.9 Å². The van der Waals surface area contributed by atoms with E-state index in [2.05, 4.69) is 32.0 Å². The number of fused-ring (bicyclic) bond motifs is 3. The molecule has 0 bridgehead atoms. The topological polar surface area (TPSA) is 114 Å². The second-order valence-corrected chi connectivity index (χ2v) is 5.73. The summed E-state index contributed by atoms with van der Waals surface area (Å²) in [6.45, 7) is 1.99. The minimum Gasteiger partial charge on any atom is -0.383 e. The normalized spacial score (nSPS) is 14.3. The number of nitrogens with one attached hydrogen (secondary N) is 1. The van der Waals surface area contributed by atoms with Gasteiger partial charge in [0.2, 0.25) is 5.95 Å². The molecule has 3 aromatic rings. The highest BCUT2D eigenvalue weighted by Gasteiger charge is 2.26. The van der Waals surface area contributed by atoms with Gasteiger partial charge in [-0.2, -0.15) is 9.97 Å². The van der Waals surface area contributed by atoms with Crippen LogP contribution in [0.1, 0.15) is 16.7 Å². The molecule has 5 N–H and O–H groups in total. The van der Waals surface area contributed by atoms with Crippen molar-refractivity contribution in [3.63, 3.8) is 0 Å². The Morgan fingerprint density at radius 2 is 1.83 bits per heavy atom. The predicted octanol–water partition coefficient (Wildman–Crippen LogP) is 0.998. The molecule has 0 radical (unpaired) electrons. The number of pyridine rings is 1. The third-order valence-corrected chi connectivity index (χ3v) is 4.14. The maximum absolute atomic E-state index is 12.3. The van der Waals surface area contributed by atoms with Crippen molar-refractivity contribution >= 4 is 22.8 Å². The van der Waals surface area contributed by atoms with Crippen molar-refractivity contribution in [3.8, 4) is 0 Å². The summed E-state index contributed by atoms with van der Waals surface area (Å²) in [6, 6.07) is 10.2. The van der Waals surface area contributed by atoms with Crippen LogP contribution in [0.15, 0.2) is 35.1 Å². The molecule has 0 atom stereocenters. The quantitative estimate of drug-likeness (QED) is 0.650. The zero-order valence-electron chi connectivity index (χ0n) is 12.4. The molecule has 0 saturated carbocycles. The molecule has 7 nitrogen and oxygen atoms in total. The number of aromatic amines is 1. The highest BCUT2D eigenvalue weighted by molar-refractivity contribution is 5.90. The van der Waals surface area contributed by atoms with Gasteiger partial charge in [-0.25, -0.2) is 0 Å². The SMILES string of the molecule is Nc1nc(N)c2c3c(c(=O)[nH]c2n1)CN(Cc1ccccc1)C3. The largest absolute Gasteiger partial charge is 0.383 e. The van der Waals surface area contributed by atoms with E-state index in [1.54, 1.807) is 0 Å². The van der Waals surface area contributed by atoms with E-state index < -0.39 is 0 Å². The van der Waals surface area contributed by atoms with Crippen molar-refractivity contribution in [2.75, 3.05) is 11.5 Å². The highest BCUT2D eigenvalue weighted by Crippen LogP contribution is 2.30. The monoisotopic (exact) mass is 308 g/mol. The number of H-pyrrole nitrogens is 1. The molecule has 2 aromatic heterocycles. The Morgan fingerprint density at radius 3 is 2.61 bits per heavy atom. The third kappa shape index (κ3) is 2.31. The van der Waals surface area contributed by atoms with Crippen molar-refractivity contribution in [2.24, 2.45) is 0 Å². The van der Waals surface area contributed by atoms with E-state index >= 15 is 0 Å². The van der Waals surface area contributed by atoms with Crippen molar-refractivity contribution in [2.45, 2.75) is 19.6 Å². The number of aromatic nitrogens is 3. The summed E-state index contributed by atoms with van der Waals surface area (Å²) < 4.78 is 0. The summed E-state index contributed by atoms with van der Waals surface area (Å²) in [4.78, 5) is 25.4. The summed E-state index contributed by atoms with van der Waals surface area (Å²) in [7, 11) is 0. The number of nitrogens with two attached hydrogens (primary N) is 2. The standard InChI is InChI=1S/C16H16N6O/c17-13-12-10-7-22(6-9-4-2-1-3-5-9)8-11(10)15(23)20-14(12)21-16(18)19-13/h1-5H,6-8H2,(H5,17,18,19,20,21,23). The number of anilines is 2. The molecule has 23 heavy (non-hydrogen) atoms. The van der Waals surface area contributed by atoms with Crippen LogP contribution in [-0.2, 0) is 19.6 Å². The number of hydrogen-bond donors (Lipinski definition) is 3. The van der Waals surface area contributed by atoms with E-state index in [1.807, 2.05) is 18.2 Å². The second kappa shape index (κ2) is 5.06. The highest BCUT2D eigenvalue weighted by atomic mass is 16.1. The first-order valence-electron chi connectivity index (χ1n) is 7.35. The summed E-state index contributed by atoms with van der Waals surface area (Å²) in [5.41, 5.74) is 14.7. The van der Waals surface area contributed by atoms with Crippen LogP contribution >= 0.6 is 0 Å². The van der Waals surface area contributed by atoms with Crippen LogP contribution in [0.3, 0.4) is 0 Å². The molecular weight excluding hydrogens is 292 g/mol. The summed E-state index contributed by atoms with van der Waals surface area (Å²) >= 11 is 0. The molecule has 0 amide bonds. The lowest BCUT2D eigenvalue weighted by molar-refractivity contribution is 0.275. The van der Waals surface area contributed by atoms with Crippen LogP contribution in [0.4, 0.5) is 11.8 Å². The molecule has 0 unspecified atom stereocenters. The molecule has 116 valence electrons. The molecule has 0 fully saturated rings. The van der Waals surface area contributed by atoms with Crippen LogP contribution in [0.2, 0.25) is 0 Å². The number of rotatable bonds is 2. The van der Waals surface area contributed by atoms with E-state index in [1.165, 1.54) is 5.56 Å². The Kier molecular flexibility index (Phi) is 3.02. The first-order valence-corrected chi connectivity index (χ1v) is 7.35. The van der Waals surface area contributed by atoms with Crippen LogP contribution in [0.5, 0.6) is 0 Å². The van der Waals surface area contributed by atoms with Crippen molar-refractivity contribution in [3.05, 3.63) is 57.4 Å². The van der Waals surface area contributed by atoms with Crippen LogP contribution in [0.25, 0.3) is 11.0 Å². The molecular formula is C16H16N6O. The molecule has 3 heterocycles. The van der Waals surface area contributed by atoms with Gasteiger partial charge in [-0.1, -0.05) is 30.3 Å². The Labute approximate surface area is 132 Å².